The van der Waals surface area contributed by atoms with E-state index in [1.807, 2.05) is 18.4 Å². The van der Waals surface area contributed by atoms with E-state index in [1.54, 1.807) is 0 Å². The summed E-state index contributed by atoms with van der Waals surface area (Å²) < 4.78 is 4.43. The van der Waals surface area contributed by atoms with Gasteiger partial charge in [0.1, 0.15) is 5.82 Å². The van der Waals surface area contributed by atoms with Crippen molar-refractivity contribution in [2.24, 2.45) is 10.9 Å². The highest BCUT2D eigenvalue weighted by Crippen LogP contribution is 2.21. The lowest BCUT2D eigenvalue weighted by Crippen LogP contribution is -2.53. The van der Waals surface area contributed by atoms with E-state index in [9.17, 15) is 0 Å². The number of hydrogen-bond acceptors (Lipinski definition) is 7. The second kappa shape index (κ2) is 10.5. The largest absolute Gasteiger partial charge is 0.356 e. The van der Waals surface area contributed by atoms with Crippen LogP contribution >= 0.6 is 22.9 Å². The molecule has 2 aromatic heterocycles. The van der Waals surface area contributed by atoms with Gasteiger partial charge in [-0.05, 0) is 36.8 Å². The van der Waals surface area contributed by atoms with Gasteiger partial charge in [-0.1, -0.05) is 13.0 Å². The van der Waals surface area contributed by atoms with Gasteiger partial charge in [-0.25, -0.2) is 4.98 Å². The lowest BCUT2D eigenvalue weighted by atomic mass is 9.98. The Kier molecular flexibility index (Phi) is 7.57. The number of piperazine rings is 1. The second-order valence-corrected chi connectivity index (χ2v) is 9.83. The molecule has 0 bridgehead atoms. The molecular weight excluding hydrogens is 414 g/mol. The molecule has 7 nitrogen and oxygen atoms in total. The first-order chi connectivity index (χ1) is 14.7. The molecule has 0 aromatic carbocycles. The Morgan fingerprint density at radius 3 is 2.83 bits per heavy atom. The number of aliphatic imine (C=N–C) groups is 1. The molecule has 2 aromatic rings. The summed E-state index contributed by atoms with van der Waals surface area (Å²) in [6, 6.07) is 4.40. The Morgan fingerprint density at radius 1 is 1.27 bits per heavy atom. The summed E-state index contributed by atoms with van der Waals surface area (Å²) in [5, 5.41) is 6.90. The third-order valence-electron chi connectivity index (χ3n) is 5.95. The van der Waals surface area contributed by atoms with E-state index in [2.05, 4.69) is 58.8 Å². The molecule has 2 aliphatic rings. The Morgan fingerprint density at radius 2 is 2.13 bits per heavy atom. The number of piperidine rings is 1. The topological polar surface area (TPSA) is 59.9 Å². The average Bonchev–Trinajstić information content (AvgIpc) is 3.47. The molecule has 1 atom stereocenters. The lowest BCUT2D eigenvalue weighted by molar-refractivity contribution is 0.169. The van der Waals surface area contributed by atoms with Gasteiger partial charge in [0.05, 0.1) is 0 Å². The van der Waals surface area contributed by atoms with Gasteiger partial charge >= 0.3 is 0 Å². The molecule has 30 heavy (non-hydrogen) atoms. The van der Waals surface area contributed by atoms with Crippen molar-refractivity contribution in [2.45, 2.75) is 32.7 Å². The number of anilines is 1. The Hall–Kier alpha value is -1.71. The van der Waals surface area contributed by atoms with E-state index < -0.39 is 0 Å². The first kappa shape index (κ1) is 21.5. The van der Waals surface area contributed by atoms with Gasteiger partial charge in [0.25, 0.3) is 0 Å². The van der Waals surface area contributed by atoms with Crippen LogP contribution in [0.15, 0.2) is 22.5 Å². The fraction of sp³-hybridized carbons (Fsp3) is 0.667. The molecule has 9 heteroatoms. The first-order valence-corrected chi connectivity index (χ1v) is 12.7. The summed E-state index contributed by atoms with van der Waals surface area (Å²) in [6.45, 7) is 10.5. The van der Waals surface area contributed by atoms with Crippen LogP contribution in [0, 0.1) is 5.92 Å². The van der Waals surface area contributed by atoms with Crippen LogP contribution in [0.25, 0.3) is 0 Å². The van der Waals surface area contributed by atoms with Gasteiger partial charge in [0, 0.05) is 75.7 Å². The maximum atomic E-state index is 4.64. The van der Waals surface area contributed by atoms with Crippen LogP contribution in [0.1, 0.15) is 30.5 Å². The molecule has 1 N–H and O–H groups in total. The summed E-state index contributed by atoms with van der Waals surface area (Å²) in [7, 11) is 1.90. The van der Waals surface area contributed by atoms with Gasteiger partial charge in [-0.3, -0.25) is 9.89 Å². The van der Waals surface area contributed by atoms with Gasteiger partial charge in [0.2, 0.25) is 5.13 Å². The van der Waals surface area contributed by atoms with Gasteiger partial charge < -0.3 is 15.1 Å². The van der Waals surface area contributed by atoms with E-state index in [0.717, 1.165) is 62.6 Å². The van der Waals surface area contributed by atoms with Crippen molar-refractivity contribution in [1.82, 2.24) is 24.5 Å². The Labute approximate surface area is 188 Å². The molecular formula is C21H33N7S2. The molecule has 0 radical (unpaired) electrons. The lowest BCUT2D eigenvalue weighted by Gasteiger charge is -2.37. The van der Waals surface area contributed by atoms with Crippen LogP contribution < -0.4 is 10.2 Å². The van der Waals surface area contributed by atoms with Crippen LogP contribution in [0.3, 0.4) is 0 Å². The van der Waals surface area contributed by atoms with E-state index >= 15 is 0 Å². The number of nitrogens with zero attached hydrogens (tertiary/aromatic N) is 6. The minimum Gasteiger partial charge on any atom is -0.356 e. The third kappa shape index (κ3) is 5.50. The van der Waals surface area contributed by atoms with Crippen molar-refractivity contribution < 1.29 is 0 Å². The standard InChI is InChI=1S/C21H33N7S2/c1-3-19-24-21(30-25-19)28-11-9-27(10-12-28)20(22-2)23-14-17-6-4-8-26(15-17)16-18-7-5-13-29-18/h5,7,13,17H,3-4,6,8-12,14-16H2,1-2H3,(H,22,23). The van der Waals surface area contributed by atoms with Crippen molar-refractivity contribution in [2.75, 3.05) is 57.8 Å². The van der Waals surface area contributed by atoms with E-state index in [0.29, 0.717) is 5.92 Å². The van der Waals surface area contributed by atoms with Crippen LogP contribution in [-0.2, 0) is 13.0 Å². The number of rotatable bonds is 6. The first-order valence-electron chi connectivity index (χ1n) is 11.0. The SMILES string of the molecule is CCc1nsc(N2CCN(C(=NC)NCC3CCCN(Cc4cccs4)C3)CC2)n1. The zero-order valence-electron chi connectivity index (χ0n) is 18.1. The normalized spacial score (nSPS) is 21.3. The minimum atomic E-state index is 0.686. The number of hydrogen-bond donors (Lipinski definition) is 1. The second-order valence-electron chi connectivity index (χ2n) is 8.07. The maximum Gasteiger partial charge on any atom is 0.205 e. The quantitative estimate of drug-likeness (QED) is 0.543. The number of aromatic nitrogens is 2. The predicted octanol–water partition coefficient (Wildman–Crippen LogP) is 2.77. The molecule has 164 valence electrons. The van der Waals surface area contributed by atoms with Crippen molar-refractivity contribution in [3.8, 4) is 0 Å². The Bertz CT molecular complexity index is 796. The number of likely N-dealkylation sites (tertiary alicyclic amines) is 1. The number of guanidine groups is 1. The van der Waals surface area contributed by atoms with Gasteiger partial charge in [-0.2, -0.15) is 4.37 Å². The molecule has 2 aliphatic heterocycles. The fourth-order valence-electron chi connectivity index (χ4n) is 4.28. The number of aryl methyl sites for hydroxylation is 1. The molecule has 2 fully saturated rings. The van der Waals surface area contributed by atoms with Crippen LogP contribution in [0.2, 0.25) is 0 Å². The van der Waals surface area contributed by atoms with Gasteiger partial charge in [0.15, 0.2) is 5.96 Å². The smallest absolute Gasteiger partial charge is 0.205 e. The monoisotopic (exact) mass is 447 g/mol. The van der Waals surface area contributed by atoms with E-state index in [4.69, 9.17) is 0 Å². The zero-order valence-corrected chi connectivity index (χ0v) is 19.7. The summed E-state index contributed by atoms with van der Waals surface area (Å²) in [5.41, 5.74) is 0. The highest BCUT2D eigenvalue weighted by atomic mass is 32.1. The molecule has 4 heterocycles. The van der Waals surface area contributed by atoms with Crippen molar-refractivity contribution >= 4 is 34.0 Å². The van der Waals surface area contributed by atoms with E-state index in [1.165, 1.54) is 42.3 Å². The molecule has 0 saturated carbocycles. The van der Waals surface area contributed by atoms with E-state index in [-0.39, 0.29) is 0 Å². The van der Waals surface area contributed by atoms with Crippen LogP contribution in [0.5, 0.6) is 0 Å². The zero-order chi connectivity index (χ0) is 20.8. The average molecular weight is 448 g/mol. The predicted molar refractivity (Wildman–Crippen MR) is 127 cm³/mol. The molecule has 2 saturated heterocycles. The molecule has 0 aliphatic carbocycles. The third-order valence-corrected chi connectivity index (χ3v) is 7.62. The summed E-state index contributed by atoms with van der Waals surface area (Å²) in [5.74, 6) is 2.68. The minimum absolute atomic E-state index is 0.686. The molecule has 4 rings (SSSR count). The van der Waals surface area contributed by atoms with Crippen molar-refractivity contribution in [1.29, 1.82) is 0 Å². The fourth-order valence-corrected chi connectivity index (χ4v) is 5.83. The number of nitrogens with one attached hydrogen (secondary N) is 1. The highest BCUT2D eigenvalue weighted by Gasteiger charge is 2.24. The van der Waals surface area contributed by atoms with Crippen molar-refractivity contribution in [3.63, 3.8) is 0 Å². The summed E-state index contributed by atoms with van der Waals surface area (Å²) in [6.07, 6.45) is 3.49. The maximum absolute atomic E-state index is 4.64. The summed E-state index contributed by atoms with van der Waals surface area (Å²) in [4.78, 5) is 18.0. The van der Waals surface area contributed by atoms with Crippen molar-refractivity contribution in [3.05, 3.63) is 28.2 Å². The number of thiophene rings is 1. The molecule has 0 amide bonds. The molecule has 1 unspecified atom stereocenters. The van der Waals surface area contributed by atoms with Gasteiger partial charge in [-0.15, -0.1) is 11.3 Å². The molecule has 0 spiro atoms. The van der Waals surface area contributed by atoms with Crippen LogP contribution in [-0.4, -0.2) is 78.0 Å². The highest BCUT2D eigenvalue weighted by molar-refractivity contribution is 7.10. The Balaban J connectivity index is 1.23. The summed E-state index contributed by atoms with van der Waals surface area (Å²) >= 11 is 3.39. The van der Waals surface area contributed by atoms with Crippen LogP contribution in [0.4, 0.5) is 5.13 Å².